The number of rotatable bonds is 6. The molecular formula is C22H29N3O3S. The molecule has 0 unspecified atom stereocenters. The molecule has 0 amide bonds. The van der Waals surface area contributed by atoms with Crippen molar-refractivity contribution in [3.05, 3.63) is 45.6 Å². The number of aliphatic imine (C=N–C) groups is 1. The maximum Gasteiger partial charge on any atom is 0.231 e. The van der Waals surface area contributed by atoms with E-state index in [1.54, 1.807) is 11.3 Å². The molecule has 1 saturated heterocycles. The third kappa shape index (κ3) is 4.67. The van der Waals surface area contributed by atoms with Crippen LogP contribution in [0.2, 0.25) is 0 Å². The van der Waals surface area contributed by atoms with Crippen LogP contribution < -0.4 is 20.1 Å². The molecule has 2 aliphatic rings. The minimum Gasteiger partial charge on any atom is -0.454 e. The lowest BCUT2D eigenvalue weighted by Crippen LogP contribution is -2.48. The molecule has 2 N–H and O–H groups in total. The van der Waals surface area contributed by atoms with Gasteiger partial charge in [0.25, 0.3) is 0 Å². The van der Waals surface area contributed by atoms with Gasteiger partial charge in [0.1, 0.15) is 0 Å². The average molecular weight is 416 g/mol. The van der Waals surface area contributed by atoms with Crippen LogP contribution in [-0.2, 0) is 16.7 Å². The van der Waals surface area contributed by atoms with Crippen molar-refractivity contribution >= 4 is 17.3 Å². The van der Waals surface area contributed by atoms with Crippen LogP contribution in [0.3, 0.4) is 0 Å². The van der Waals surface area contributed by atoms with Gasteiger partial charge < -0.3 is 24.8 Å². The Labute approximate surface area is 176 Å². The predicted octanol–water partition coefficient (Wildman–Crippen LogP) is 3.59. The summed E-state index contributed by atoms with van der Waals surface area (Å²) in [5.74, 6) is 2.51. The molecule has 4 rings (SSSR count). The molecule has 156 valence electrons. The maximum absolute atomic E-state index is 5.67. The largest absolute Gasteiger partial charge is 0.454 e. The number of ether oxygens (including phenoxy) is 3. The summed E-state index contributed by atoms with van der Waals surface area (Å²) in [5.41, 5.74) is 1.25. The number of hydrogen-bond acceptors (Lipinski definition) is 5. The molecule has 2 aliphatic heterocycles. The summed E-state index contributed by atoms with van der Waals surface area (Å²) in [6.07, 6.45) is 1.92. The van der Waals surface area contributed by atoms with Crippen LogP contribution >= 0.6 is 11.3 Å². The Morgan fingerprint density at radius 2 is 1.93 bits per heavy atom. The van der Waals surface area contributed by atoms with Crippen molar-refractivity contribution in [2.24, 2.45) is 4.99 Å². The Bertz CT molecular complexity index is 859. The van der Waals surface area contributed by atoms with Gasteiger partial charge >= 0.3 is 0 Å². The lowest BCUT2D eigenvalue weighted by molar-refractivity contribution is 0.0513. The molecule has 0 radical (unpaired) electrons. The number of fused-ring (bicyclic) bond motifs is 1. The Balaban J connectivity index is 1.50. The first-order chi connectivity index (χ1) is 14.2. The zero-order valence-corrected chi connectivity index (χ0v) is 17.9. The standard InChI is InChI=1S/C22H29N3O3S/c1-3-23-21(24-13-18-6-4-16(2)29-18)25-14-22(8-10-26-11-9-22)17-5-7-19-20(12-17)28-15-27-19/h4-7,12H,3,8-11,13-15H2,1-2H3,(H2,23,24,25). The highest BCUT2D eigenvalue weighted by Crippen LogP contribution is 2.40. The van der Waals surface area contributed by atoms with E-state index in [0.717, 1.165) is 56.6 Å². The molecule has 0 spiro atoms. The van der Waals surface area contributed by atoms with Crippen molar-refractivity contribution < 1.29 is 14.2 Å². The van der Waals surface area contributed by atoms with Gasteiger partial charge in [0.2, 0.25) is 6.79 Å². The van der Waals surface area contributed by atoms with Crippen LogP contribution in [0.15, 0.2) is 35.3 Å². The van der Waals surface area contributed by atoms with Crippen LogP contribution in [0.25, 0.3) is 0 Å². The molecular weight excluding hydrogens is 386 g/mol. The lowest BCUT2D eigenvalue weighted by atomic mass is 9.74. The number of nitrogens with one attached hydrogen (secondary N) is 2. The average Bonchev–Trinajstić information content (AvgIpc) is 3.39. The van der Waals surface area contributed by atoms with Gasteiger partial charge in [0.15, 0.2) is 17.5 Å². The van der Waals surface area contributed by atoms with Gasteiger partial charge in [-0.15, -0.1) is 11.3 Å². The Hall–Kier alpha value is -2.25. The van der Waals surface area contributed by atoms with Gasteiger partial charge in [0.05, 0.1) is 6.54 Å². The first-order valence-corrected chi connectivity index (χ1v) is 11.1. The molecule has 1 fully saturated rings. The maximum atomic E-state index is 5.67. The van der Waals surface area contributed by atoms with Crippen LogP contribution in [0.1, 0.15) is 35.1 Å². The summed E-state index contributed by atoms with van der Waals surface area (Å²) in [4.78, 5) is 7.38. The molecule has 2 aromatic rings. The smallest absolute Gasteiger partial charge is 0.231 e. The van der Waals surface area contributed by atoms with E-state index in [0.29, 0.717) is 13.3 Å². The predicted molar refractivity (Wildman–Crippen MR) is 116 cm³/mol. The van der Waals surface area contributed by atoms with E-state index in [-0.39, 0.29) is 5.41 Å². The zero-order chi connectivity index (χ0) is 20.1. The topological polar surface area (TPSA) is 64.1 Å². The Kier molecular flexibility index (Phi) is 6.25. The van der Waals surface area contributed by atoms with E-state index in [1.807, 2.05) is 6.07 Å². The van der Waals surface area contributed by atoms with Crippen molar-refractivity contribution in [2.75, 3.05) is 33.1 Å². The van der Waals surface area contributed by atoms with E-state index in [1.165, 1.54) is 15.3 Å². The number of hydrogen-bond donors (Lipinski definition) is 2. The summed E-state index contributed by atoms with van der Waals surface area (Å²) in [6, 6.07) is 10.6. The first kappa shape index (κ1) is 20.0. The Morgan fingerprint density at radius 1 is 1.10 bits per heavy atom. The number of thiophene rings is 1. The summed E-state index contributed by atoms with van der Waals surface area (Å²) in [6.45, 7) is 8.36. The number of benzene rings is 1. The second kappa shape index (κ2) is 9.05. The molecule has 1 aromatic carbocycles. The van der Waals surface area contributed by atoms with Crippen LogP contribution in [0.5, 0.6) is 11.5 Å². The molecule has 0 bridgehead atoms. The highest BCUT2D eigenvalue weighted by atomic mass is 32.1. The molecule has 3 heterocycles. The van der Waals surface area contributed by atoms with E-state index < -0.39 is 0 Å². The summed E-state index contributed by atoms with van der Waals surface area (Å²) in [7, 11) is 0. The molecule has 1 aromatic heterocycles. The second-order valence-corrected chi connectivity index (χ2v) is 8.89. The third-order valence-corrected chi connectivity index (χ3v) is 6.55. The van der Waals surface area contributed by atoms with E-state index in [9.17, 15) is 0 Å². The van der Waals surface area contributed by atoms with Gasteiger partial charge in [-0.2, -0.15) is 0 Å². The quantitative estimate of drug-likeness (QED) is 0.558. The SMILES string of the molecule is CCNC(=NCc1ccc(C)s1)NCC1(c2ccc3c(c2)OCO3)CCOCC1. The second-order valence-electron chi connectivity index (χ2n) is 7.52. The van der Waals surface area contributed by atoms with Gasteiger partial charge in [0, 0.05) is 41.5 Å². The molecule has 0 atom stereocenters. The highest BCUT2D eigenvalue weighted by Gasteiger charge is 2.35. The van der Waals surface area contributed by atoms with E-state index >= 15 is 0 Å². The van der Waals surface area contributed by atoms with Crippen molar-refractivity contribution in [1.29, 1.82) is 0 Å². The highest BCUT2D eigenvalue weighted by molar-refractivity contribution is 7.11. The van der Waals surface area contributed by atoms with Crippen LogP contribution in [-0.4, -0.2) is 39.1 Å². The van der Waals surface area contributed by atoms with Crippen molar-refractivity contribution in [2.45, 2.75) is 38.6 Å². The fourth-order valence-corrected chi connectivity index (χ4v) is 4.69. The van der Waals surface area contributed by atoms with Crippen molar-refractivity contribution in [1.82, 2.24) is 10.6 Å². The lowest BCUT2D eigenvalue weighted by Gasteiger charge is -2.38. The zero-order valence-electron chi connectivity index (χ0n) is 17.1. The minimum atomic E-state index is -0.0189. The third-order valence-electron chi connectivity index (χ3n) is 5.56. The van der Waals surface area contributed by atoms with Crippen LogP contribution in [0.4, 0.5) is 0 Å². The molecule has 7 heteroatoms. The molecule has 0 aliphatic carbocycles. The molecule has 0 saturated carbocycles. The normalized spacial score (nSPS) is 17.9. The number of guanidine groups is 1. The van der Waals surface area contributed by atoms with Gasteiger partial charge in [-0.3, -0.25) is 0 Å². The van der Waals surface area contributed by atoms with Crippen LogP contribution in [0, 0.1) is 6.92 Å². The number of nitrogens with zero attached hydrogens (tertiary/aromatic N) is 1. The van der Waals surface area contributed by atoms with Gasteiger partial charge in [-0.05, 0) is 56.5 Å². The fourth-order valence-electron chi connectivity index (χ4n) is 3.88. The molecule has 6 nitrogen and oxygen atoms in total. The van der Waals surface area contributed by atoms with Gasteiger partial charge in [-0.1, -0.05) is 6.07 Å². The van der Waals surface area contributed by atoms with E-state index in [4.69, 9.17) is 19.2 Å². The van der Waals surface area contributed by atoms with Crippen molar-refractivity contribution in [3.63, 3.8) is 0 Å². The first-order valence-electron chi connectivity index (χ1n) is 10.2. The Morgan fingerprint density at radius 3 is 2.69 bits per heavy atom. The fraction of sp³-hybridized carbons (Fsp3) is 0.500. The van der Waals surface area contributed by atoms with Gasteiger partial charge in [-0.25, -0.2) is 4.99 Å². The monoisotopic (exact) mass is 415 g/mol. The number of aryl methyl sites for hydroxylation is 1. The summed E-state index contributed by atoms with van der Waals surface area (Å²) < 4.78 is 16.8. The van der Waals surface area contributed by atoms with E-state index in [2.05, 4.69) is 48.7 Å². The summed E-state index contributed by atoms with van der Waals surface area (Å²) >= 11 is 1.80. The minimum absolute atomic E-state index is 0.0189. The summed E-state index contributed by atoms with van der Waals surface area (Å²) in [5, 5.41) is 6.97. The van der Waals surface area contributed by atoms with Crippen molar-refractivity contribution in [3.8, 4) is 11.5 Å². The molecule has 29 heavy (non-hydrogen) atoms.